The largest absolute Gasteiger partial charge is 0.208 e. The van der Waals surface area contributed by atoms with Crippen molar-refractivity contribution in [2.45, 2.75) is 64.7 Å². The van der Waals surface area contributed by atoms with Gasteiger partial charge in [0.2, 0.25) is 0 Å². The molecular weight excluding hydrogens is 206 g/mol. The zero-order valence-corrected chi connectivity index (χ0v) is 11.6. The average molecular weight is 234 g/mol. The summed E-state index contributed by atoms with van der Waals surface area (Å²) in [7, 11) is 2.09. The summed E-state index contributed by atoms with van der Waals surface area (Å²) in [6.45, 7) is 2.28. The molecule has 0 bridgehead atoms. The fraction of sp³-hybridized carbons (Fsp3) is 0.688. The number of unbranched alkanes of at least 4 members (excludes halogenated alkanes) is 7. The maximum atomic E-state index is 2.28. The molecule has 0 fully saturated rings. The first-order chi connectivity index (χ1) is 8.33. The lowest BCUT2D eigenvalue weighted by atomic mass is 10.1. The predicted octanol–water partition coefficient (Wildman–Crippen LogP) is 4.19. The lowest BCUT2D eigenvalue weighted by molar-refractivity contribution is -0.671. The third kappa shape index (κ3) is 7.14. The van der Waals surface area contributed by atoms with Crippen molar-refractivity contribution in [3.8, 4) is 0 Å². The van der Waals surface area contributed by atoms with Crippen molar-refractivity contribution in [3.63, 3.8) is 0 Å². The second-order valence-electron chi connectivity index (χ2n) is 5.10. The molecule has 1 aromatic rings. The van der Waals surface area contributed by atoms with Crippen molar-refractivity contribution in [2.75, 3.05) is 0 Å². The second kappa shape index (κ2) is 9.21. The molecule has 0 amide bonds. The molecule has 0 aromatic carbocycles. The predicted molar refractivity (Wildman–Crippen MR) is 73.9 cm³/mol. The van der Waals surface area contributed by atoms with E-state index < -0.39 is 0 Å². The van der Waals surface area contributed by atoms with E-state index in [0.29, 0.717) is 0 Å². The van der Waals surface area contributed by atoms with E-state index in [1.807, 2.05) is 0 Å². The Balaban J connectivity index is 1.97. The molecule has 0 unspecified atom stereocenters. The van der Waals surface area contributed by atoms with E-state index in [9.17, 15) is 0 Å². The number of aromatic nitrogens is 1. The van der Waals surface area contributed by atoms with Gasteiger partial charge in [0, 0.05) is 11.6 Å². The Morgan fingerprint density at radius 2 is 1.59 bits per heavy atom. The van der Waals surface area contributed by atoms with Crippen molar-refractivity contribution in [2.24, 2.45) is 7.05 Å². The van der Waals surface area contributed by atoms with E-state index >= 15 is 0 Å². The molecule has 0 radical (unpaired) electrons. The van der Waals surface area contributed by atoms with Crippen LogP contribution in [0.25, 0.3) is 0 Å². The van der Waals surface area contributed by atoms with Crippen LogP contribution in [-0.4, -0.2) is 0 Å². The van der Waals surface area contributed by atoms with Crippen LogP contribution >= 0.6 is 0 Å². The van der Waals surface area contributed by atoms with Crippen LogP contribution in [0.3, 0.4) is 0 Å². The molecule has 0 aliphatic heterocycles. The molecule has 0 spiro atoms. The fourth-order valence-corrected chi connectivity index (χ4v) is 2.26. The minimum Gasteiger partial charge on any atom is -0.208 e. The number of hydrogen-bond acceptors (Lipinski definition) is 0. The van der Waals surface area contributed by atoms with Crippen LogP contribution in [0.15, 0.2) is 24.5 Å². The van der Waals surface area contributed by atoms with Crippen LogP contribution in [0.1, 0.15) is 63.9 Å². The summed E-state index contributed by atoms with van der Waals surface area (Å²) in [5.74, 6) is 0. The first kappa shape index (κ1) is 14.2. The van der Waals surface area contributed by atoms with Gasteiger partial charge >= 0.3 is 0 Å². The second-order valence-corrected chi connectivity index (χ2v) is 5.10. The Labute approximate surface area is 107 Å². The van der Waals surface area contributed by atoms with E-state index in [1.54, 1.807) is 0 Å². The van der Waals surface area contributed by atoms with Crippen molar-refractivity contribution in [1.82, 2.24) is 0 Å². The number of pyridine rings is 1. The van der Waals surface area contributed by atoms with Crippen molar-refractivity contribution < 1.29 is 4.57 Å². The maximum Gasteiger partial charge on any atom is 0.171 e. The first-order valence-corrected chi connectivity index (χ1v) is 7.27. The van der Waals surface area contributed by atoms with E-state index in [4.69, 9.17) is 0 Å². The highest BCUT2D eigenvalue weighted by Crippen LogP contribution is 2.10. The highest BCUT2D eigenvalue weighted by molar-refractivity contribution is 5.05. The molecule has 1 rings (SSSR count). The van der Waals surface area contributed by atoms with Gasteiger partial charge in [0.25, 0.3) is 0 Å². The topological polar surface area (TPSA) is 3.88 Å². The Morgan fingerprint density at radius 3 is 2.24 bits per heavy atom. The van der Waals surface area contributed by atoms with E-state index in [-0.39, 0.29) is 0 Å². The summed E-state index contributed by atoms with van der Waals surface area (Å²) < 4.78 is 2.14. The molecule has 96 valence electrons. The Kier molecular flexibility index (Phi) is 7.70. The summed E-state index contributed by atoms with van der Waals surface area (Å²) in [6.07, 6.45) is 16.8. The number of hydrogen-bond donors (Lipinski definition) is 0. The fourth-order valence-electron chi connectivity index (χ4n) is 2.26. The molecule has 0 saturated carbocycles. The molecule has 0 aliphatic carbocycles. The lowest BCUT2D eigenvalue weighted by Crippen LogP contribution is -2.26. The molecule has 0 atom stereocenters. The highest BCUT2D eigenvalue weighted by atomic mass is 14.9. The van der Waals surface area contributed by atoms with Gasteiger partial charge < -0.3 is 0 Å². The van der Waals surface area contributed by atoms with Gasteiger partial charge in [-0.05, 0) is 18.9 Å². The van der Waals surface area contributed by atoms with Gasteiger partial charge in [-0.2, -0.15) is 0 Å². The Morgan fingerprint density at radius 1 is 0.941 bits per heavy atom. The first-order valence-electron chi connectivity index (χ1n) is 7.27. The summed E-state index contributed by atoms with van der Waals surface area (Å²) >= 11 is 0. The third-order valence-corrected chi connectivity index (χ3v) is 3.32. The Hall–Kier alpha value is -0.850. The quantitative estimate of drug-likeness (QED) is 0.445. The molecule has 1 nitrogen and oxygen atoms in total. The van der Waals surface area contributed by atoms with Crippen LogP contribution < -0.4 is 4.57 Å². The van der Waals surface area contributed by atoms with E-state index in [0.717, 1.165) is 0 Å². The standard InChI is InChI=1S/C16H28N/c1-3-4-5-6-7-8-9-10-12-16-13-11-14-17(2)15-16/h11,13-15H,3-10,12H2,1-2H3/q+1. The van der Waals surface area contributed by atoms with E-state index in [2.05, 4.69) is 43.1 Å². The summed E-state index contributed by atoms with van der Waals surface area (Å²) in [6, 6.07) is 4.38. The van der Waals surface area contributed by atoms with Crippen LogP contribution in [0.5, 0.6) is 0 Å². The summed E-state index contributed by atoms with van der Waals surface area (Å²) in [5, 5.41) is 0. The monoisotopic (exact) mass is 234 g/mol. The van der Waals surface area contributed by atoms with Crippen LogP contribution in [0, 0.1) is 0 Å². The van der Waals surface area contributed by atoms with Gasteiger partial charge in [0.1, 0.15) is 7.05 Å². The molecule has 17 heavy (non-hydrogen) atoms. The number of rotatable bonds is 9. The Bertz CT molecular complexity index is 293. The van der Waals surface area contributed by atoms with Gasteiger partial charge in [-0.1, -0.05) is 51.9 Å². The molecule has 0 N–H and O–H groups in total. The van der Waals surface area contributed by atoms with Crippen molar-refractivity contribution in [1.29, 1.82) is 0 Å². The van der Waals surface area contributed by atoms with Gasteiger partial charge in [0.05, 0.1) is 0 Å². The van der Waals surface area contributed by atoms with Gasteiger partial charge in [-0.25, -0.2) is 4.57 Å². The maximum absolute atomic E-state index is 2.28. The van der Waals surface area contributed by atoms with E-state index in [1.165, 1.54) is 63.4 Å². The average Bonchev–Trinajstić information content (AvgIpc) is 2.33. The van der Waals surface area contributed by atoms with Gasteiger partial charge in [-0.3, -0.25) is 0 Å². The number of aryl methyl sites for hydroxylation is 2. The third-order valence-electron chi connectivity index (χ3n) is 3.32. The molecule has 1 aromatic heterocycles. The SMILES string of the molecule is CCCCCCCCCCc1ccc[n+](C)c1. The van der Waals surface area contributed by atoms with Crippen LogP contribution in [0.2, 0.25) is 0 Å². The van der Waals surface area contributed by atoms with Gasteiger partial charge in [0.15, 0.2) is 12.4 Å². The minimum atomic E-state index is 1.24. The van der Waals surface area contributed by atoms with Crippen LogP contribution in [0.4, 0.5) is 0 Å². The van der Waals surface area contributed by atoms with Crippen molar-refractivity contribution >= 4 is 0 Å². The molecular formula is C16H28N+. The van der Waals surface area contributed by atoms with Crippen molar-refractivity contribution in [3.05, 3.63) is 30.1 Å². The highest BCUT2D eigenvalue weighted by Gasteiger charge is 1.98. The summed E-state index contributed by atoms with van der Waals surface area (Å²) in [5.41, 5.74) is 1.47. The zero-order chi connectivity index (χ0) is 12.3. The minimum absolute atomic E-state index is 1.24. The number of nitrogens with zero attached hydrogens (tertiary/aromatic N) is 1. The molecule has 0 aliphatic rings. The summed E-state index contributed by atoms with van der Waals surface area (Å²) in [4.78, 5) is 0. The zero-order valence-electron chi connectivity index (χ0n) is 11.6. The normalized spacial score (nSPS) is 10.7. The van der Waals surface area contributed by atoms with Crippen LogP contribution in [-0.2, 0) is 13.5 Å². The molecule has 0 saturated heterocycles. The molecule has 1 heteroatoms. The van der Waals surface area contributed by atoms with Gasteiger partial charge in [-0.15, -0.1) is 0 Å². The molecule has 1 heterocycles. The smallest absolute Gasteiger partial charge is 0.171 e. The lowest BCUT2D eigenvalue weighted by Gasteiger charge is -2.01.